The Balaban J connectivity index is 3.15. The molecule has 43 heavy (non-hydrogen) atoms. The average molecular weight is 619 g/mol. The standard InChI is InChI=1S/C33H62O10/c1-3-5-6-7-8-9-10-11-12-13-14-15-16-17-33(35)43-31-29-41-27-25-39-23-21-37-19-18-36-20-22-38-24-26-40-28-30-42-32(34)4-2/h4H,2-3,5-31H2,1H3. The number of hydrogen-bond donors (Lipinski definition) is 0. The van der Waals surface area contributed by atoms with E-state index in [1.54, 1.807) is 0 Å². The zero-order valence-electron chi connectivity index (χ0n) is 27.2. The van der Waals surface area contributed by atoms with E-state index >= 15 is 0 Å². The van der Waals surface area contributed by atoms with Crippen LogP contribution in [-0.2, 0) is 47.5 Å². The number of ether oxygens (including phenoxy) is 8. The molecular formula is C33H62O10. The van der Waals surface area contributed by atoms with Crippen molar-refractivity contribution in [3.05, 3.63) is 12.7 Å². The van der Waals surface area contributed by atoms with Gasteiger partial charge >= 0.3 is 11.9 Å². The monoisotopic (exact) mass is 618 g/mol. The molecule has 0 rings (SSSR count). The van der Waals surface area contributed by atoms with E-state index in [2.05, 4.69) is 13.5 Å². The molecule has 0 saturated heterocycles. The number of carbonyl (C=O) groups excluding carboxylic acids is 2. The number of rotatable bonds is 36. The van der Waals surface area contributed by atoms with Gasteiger partial charge in [0.2, 0.25) is 0 Å². The molecule has 0 heterocycles. The number of carbonyl (C=O) groups is 2. The molecule has 0 saturated carbocycles. The maximum absolute atomic E-state index is 11.8. The first-order valence-electron chi connectivity index (χ1n) is 16.6. The fourth-order valence-electron chi connectivity index (χ4n) is 4.04. The molecule has 254 valence electrons. The van der Waals surface area contributed by atoms with Crippen LogP contribution in [0.5, 0.6) is 0 Å². The highest BCUT2D eigenvalue weighted by atomic mass is 16.6. The normalized spacial score (nSPS) is 11.1. The summed E-state index contributed by atoms with van der Waals surface area (Å²) in [6.07, 6.45) is 18.4. The van der Waals surface area contributed by atoms with Crippen LogP contribution in [0, 0.1) is 0 Å². The lowest BCUT2D eigenvalue weighted by molar-refractivity contribution is -0.145. The van der Waals surface area contributed by atoms with Crippen LogP contribution >= 0.6 is 0 Å². The second-order valence-corrected chi connectivity index (χ2v) is 10.3. The van der Waals surface area contributed by atoms with Gasteiger partial charge in [-0.1, -0.05) is 90.6 Å². The van der Waals surface area contributed by atoms with E-state index in [9.17, 15) is 9.59 Å². The summed E-state index contributed by atoms with van der Waals surface area (Å²) >= 11 is 0. The van der Waals surface area contributed by atoms with Gasteiger partial charge in [0.15, 0.2) is 0 Å². The fourth-order valence-corrected chi connectivity index (χ4v) is 4.04. The molecule has 0 aromatic heterocycles. The van der Waals surface area contributed by atoms with E-state index in [-0.39, 0.29) is 19.2 Å². The smallest absolute Gasteiger partial charge is 0.330 e. The molecule has 0 aliphatic rings. The SMILES string of the molecule is C=CC(=O)OCCOCCOCCOCCOCCOCCOCCOC(=O)CCCCCCCCCCCCCCC. The Morgan fingerprint density at radius 1 is 0.442 bits per heavy atom. The highest BCUT2D eigenvalue weighted by Crippen LogP contribution is 2.13. The third kappa shape index (κ3) is 36.5. The zero-order valence-corrected chi connectivity index (χ0v) is 27.2. The zero-order chi connectivity index (χ0) is 31.3. The van der Waals surface area contributed by atoms with Gasteiger partial charge in [0, 0.05) is 12.5 Å². The Morgan fingerprint density at radius 2 is 0.744 bits per heavy atom. The van der Waals surface area contributed by atoms with Crippen molar-refractivity contribution < 1.29 is 47.5 Å². The summed E-state index contributed by atoms with van der Waals surface area (Å²) in [6.45, 7) is 11.4. The Hall–Kier alpha value is -1.56. The minimum Gasteiger partial charge on any atom is -0.463 e. The molecule has 10 nitrogen and oxygen atoms in total. The quantitative estimate of drug-likeness (QED) is 0.0483. The van der Waals surface area contributed by atoms with E-state index in [1.165, 1.54) is 70.6 Å². The van der Waals surface area contributed by atoms with Gasteiger partial charge in [-0.25, -0.2) is 4.79 Å². The maximum Gasteiger partial charge on any atom is 0.330 e. The molecule has 0 unspecified atom stereocenters. The number of hydrogen-bond acceptors (Lipinski definition) is 10. The van der Waals surface area contributed by atoms with Crippen molar-refractivity contribution in [1.82, 2.24) is 0 Å². The first-order chi connectivity index (χ1) is 21.2. The van der Waals surface area contributed by atoms with Gasteiger partial charge in [0.25, 0.3) is 0 Å². The molecule has 0 aliphatic carbocycles. The summed E-state index contributed by atoms with van der Waals surface area (Å²) in [5.74, 6) is -0.593. The van der Waals surface area contributed by atoms with Crippen molar-refractivity contribution in [2.45, 2.75) is 96.8 Å². The van der Waals surface area contributed by atoms with Crippen LogP contribution in [0.1, 0.15) is 96.8 Å². The van der Waals surface area contributed by atoms with Gasteiger partial charge in [-0.15, -0.1) is 0 Å². The molecule has 0 atom stereocenters. The van der Waals surface area contributed by atoms with E-state index < -0.39 is 5.97 Å². The summed E-state index contributed by atoms with van der Waals surface area (Å²) in [6, 6.07) is 0. The average Bonchev–Trinajstić information content (AvgIpc) is 3.01. The molecule has 0 radical (unpaired) electrons. The lowest BCUT2D eigenvalue weighted by atomic mass is 10.0. The van der Waals surface area contributed by atoms with Crippen LogP contribution in [-0.4, -0.2) is 104 Å². The van der Waals surface area contributed by atoms with Crippen LogP contribution < -0.4 is 0 Å². The first kappa shape index (κ1) is 41.4. The lowest BCUT2D eigenvalue weighted by Gasteiger charge is -2.08. The van der Waals surface area contributed by atoms with Gasteiger partial charge in [0.05, 0.1) is 79.3 Å². The minimum absolute atomic E-state index is 0.136. The van der Waals surface area contributed by atoms with Crippen LogP contribution in [0.4, 0.5) is 0 Å². The molecule has 10 heteroatoms. The molecular weight excluding hydrogens is 556 g/mol. The fraction of sp³-hybridized carbons (Fsp3) is 0.879. The Labute approximate surface area is 261 Å². The van der Waals surface area contributed by atoms with Gasteiger partial charge < -0.3 is 37.9 Å². The highest BCUT2D eigenvalue weighted by Gasteiger charge is 2.03. The molecule has 0 spiro atoms. The van der Waals surface area contributed by atoms with Gasteiger partial charge in [-0.05, 0) is 6.42 Å². The molecule has 0 aromatic carbocycles. The van der Waals surface area contributed by atoms with Gasteiger partial charge in [-0.3, -0.25) is 4.79 Å². The van der Waals surface area contributed by atoms with Crippen molar-refractivity contribution in [3.8, 4) is 0 Å². The summed E-state index contributed by atoms with van der Waals surface area (Å²) in [5, 5.41) is 0. The van der Waals surface area contributed by atoms with Crippen LogP contribution in [0.3, 0.4) is 0 Å². The molecule has 0 N–H and O–H groups in total. The van der Waals surface area contributed by atoms with Crippen molar-refractivity contribution in [1.29, 1.82) is 0 Å². The summed E-state index contributed by atoms with van der Waals surface area (Å²) in [7, 11) is 0. The summed E-state index contributed by atoms with van der Waals surface area (Å²) < 4.78 is 42.4. The van der Waals surface area contributed by atoms with E-state index in [4.69, 9.17) is 37.9 Å². The minimum atomic E-state index is -0.458. The highest BCUT2D eigenvalue weighted by molar-refractivity contribution is 5.81. The Bertz CT molecular complexity index is 602. The molecule has 0 bridgehead atoms. The van der Waals surface area contributed by atoms with Crippen molar-refractivity contribution in [2.75, 3.05) is 92.5 Å². The van der Waals surface area contributed by atoms with Crippen LogP contribution in [0.15, 0.2) is 12.7 Å². The summed E-state index contributed by atoms with van der Waals surface area (Å²) in [4.78, 5) is 22.7. The predicted molar refractivity (Wildman–Crippen MR) is 167 cm³/mol. The van der Waals surface area contributed by atoms with Crippen LogP contribution in [0.2, 0.25) is 0 Å². The van der Waals surface area contributed by atoms with Crippen LogP contribution in [0.25, 0.3) is 0 Å². The van der Waals surface area contributed by atoms with Gasteiger partial charge in [0.1, 0.15) is 13.2 Å². The lowest BCUT2D eigenvalue weighted by Crippen LogP contribution is -2.15. The van der Waals surface area contributed by atoms with E-state index in [1.807, 2.05) is 0 Å². The second-order valence-electron chi connectivity index (χ2n) is 10.3. The van der Waals surface area contributed by atoms with Gasteiger partial charge in [-0.2, -0.15) is 0 Å². The Kier molecular flexibility index (Phi) is 35.3. The first-order valence-corrected chi connectivity index (χ1v) is 16.6. The predicted octanol–water partition coefficient (Wildman–Crippen LogP) is 5.84. The van der Waals surface area contributed by atoms with Crippen molar-refractivity contribution in [3.63, 3.8) is 0 Å². The topological polar surface area (TPSA) is 108 Å². The van der Waals surface area contributed by atoms with Crippen molar-refractivity contribution in [2.24, 2.45) is 0 Å². The molecule has 0 fully saturated rings. The maximum atomic E-state index is 11.8. The number of unbranched alkanes of at least 4 members (excludes halogenated alkanes) is 12. The number of esters is 2. The second kappa shape index (κ2) is 36.6. The third-order valence-electron chi connectivity index (χ3n) is 6.47. The third-order valence-corrected chi connectivity index (χ3v) is 6.47. The summed E-state index contributed by atoms with van der Waals surface area (Å²) in [5.41, 5.74) is 0. The van der Waals surface area contributed by atoms with E-state index in [0.717, 1.165) is 18.9 Å². The largest absolute Gasteiger partial charge is 0.463 e. The molecule has 0 aliphatic heterocycles. The molecule has 0 aromatic rings. The molecule has 0 amide bonds. The van der Waals surface area contributed by atoms with E-state index in [0.29, 0.717) is 85.7 Å². The van der Waals surface area contributed by atoms with Crippen molar-refractivity contribution >= 4 is 11.9 Å². The Morgan fingerprint density at radius 3 is 1.09 bits per heavy atom.